The monoisotopic (exact) mass is 699 g/mol. The molecule has 0 saturated carbocycles. The van der Waals surface area contributed by atoms with Crippen molar-refractivity contribution in [3.63, 3.8) is 0 Å². The molecule has 0 unspecified atom stereocenters. The van der Waals surface area contributed by atoms with E-state index in [1.54, 1.807) is 0 Å². The van der Waals surface area contributed by atoms with Gasteiger partial charge in [-0.15, -0.1) is 0 Å². The molecule has 0 aliphatic heterocycles. The molecule has 0 heterocycles. The second-order valence-electron chi connectivity index (χ2n) is 15.8. The number of hydrogen-bond acceptors (Lipinski definition) is 1. The zero-order valence-corrected chi connectivity index (χ0v) is 35.7. The first kappa shape index (κ1) is 48.4. The first-order valence-electron chi connectivity index (χ1n) is 20.5. The van der Waals surface area contributed by atoms with Crippen molar-refractivity contribution in [3.8, 4) is 0 Å². The summed E-state index contributed by atoms with van der Waals surface area (Å²) in [7, 11) is 0. The number of hydrogen-bond donors (Lipinski definition) is 1. The van der Waals surface area contributed by atoms with Crippen LogP contribution in [0.3, 0.4) is 0 Å². The molecule has 1 N–H and O–H groups in total. The molecule has 0 radical (unpaired) electrons. The fraction of sp³-hybridized carbons (Fsp3) is 0.600. The molecule has 0 atom stereocenters. The van der Waals surface area contributed by atoms with Crippen LogP contribution in [0.2, 0.25) is 0 Å². The third-order valence-corrected chi connectivity index (χ3v) is 9.78. The molecule has 0 bridgehead atoms. The fourth-order valence-electron chi connectivity index (χ4n) is 6.03. The lowest BCUT2D eigenvalue weighted by molar-refractivity contribution is 0.341. The molecule has 0 aromatic rings. The molecule has 51 heavy (non-hydrogen) atoms. The number of rotatable bonds is 28. The van der Waals surface area contributed by atoms with Gasteiger partial charge in [0.15, 0.2) is 0 Å². The van der Waals surface area contributed by atoms with Crippen LogP contribution in [0.5, 0.6) is 0 Å². The van der Waals surface area contributed by atoms with E-state index in [9.17, 15) is 0 Å². The Kier molecular flexibility index (Phi) is 30.4. The highest BCUT2D eigenvalue weighted by atomic mass is 16.2. The van der Waals surface area contributed by atoms with Gasteiger partial charge in [0.25, 0.3) is 0 Å². The lowest BCUT2D eigenvalue weighted by Gasteiger charge is -2.04. The van der Waals surface area contributed by atoms with E-state index in [-0.39, 0.29) is 6.61 Å². The molecular formula is C50H82O. The van der Waals surface area contributed by atoms with E-state index in [2.05, 4.69) is 131 Å². The van der Waals surface area contributed by atoms with E-state index in [0.717, 1.165) is 64.2 Å². The standard InChI is InChI=1S/C50H82O/c1-41(2)21-12-22-42(3)23-13-24-43(4)25-14-26-44(5)27-15-28-45(6)29-16-30-46(7)31-17-32-47(8)33-18-34-48(9)35-19-36-49(10)37-20-38-50(11)39-40-51/h21,23,25,27,29,31,33,35,37,39,51H,12-20,22,24,26,28,30,32,34,36,38,40H2,1-11H3. The van der Waals surface area contributed by atoms with E-state index in [0.29, 0.717) is 0 Å². The van der Waals surface area contributed by atoms with Gasteiger partial charge in [-0.25, -0.2) is 0 Å². The Bertz CT molecular complexity index is 1260. The summed E-state index contributed by atoms with van der Waals surface area (Å²) in [5, 5.41) is 8.98. The second kappa shape index (κ2) is 32.0. The summed E-state index contributed by atoms with van der Waals surface area (Å²) >= 11 is 0. The smallest absolute Gasteiger partial charge is 0.0614 e. The van der Waals surface area contributed by atoms with Crippen molar-refractivity contribution in [1.82, 2.24) is 0 Å². The summed E-state index contributed by atoms with van der Waals surface area (Å²) < 4.78 is 0. The maximum absolute atomic E-state index is 8.98. The molecule has 288 valence electrons. The fourth-order valence-corrected chi connectivity index (χ4v) is 6.03. The normalized spacial score (nSPS) is 14.9. The van der Waals surface area contributed by atoms with Crippen molar-refractivity contribution in [3.05, 3.63) is 116 Å². The molecule has 0 aromatic heterocycles. The van der Waals surface area contributed by atoms with Gasteiger partial charge in [-0.1, -0.05) is 116 Å². The van der Waals surface area contributed by atoms with Crippen LogP contribution >= 0.6 is 0 Å². The van der Waals surface area contributed by atoms with Crippen LogP contribution in [0.1, 0.15) is 192 Å². The molecule has 0 aromatic carbocycles. The second-order valence-corrected chi connectivity index (χ2v) is 15.8. The number of aliphatic hydroxyl groups excluding tert-OH is 1. The van der Waals surface area contributed by atoms with Gasteiger partial charge in [0.1, 0.15) is 0 Å². The molecular weight excluding hydrogens is 617 g/mol. The maximum Gasteiger partial charge on any atom is 0.0614 e. The quantitative estimate of drug-likeness (QED) is 0.0807. The Morgan fingerprint density at radius 3 is 0.569 bits per heavy atom. The van der Waals surface area contributed by atoms with Gasteiger partial charge >= 0.3 is 0 Å². The van der Waals surface area contributed by atoms with Crippen LogP contribution in [-0.4, -0.2) is 11.7 Å². The molecule has 0 rings (SSSR count). The lowest BCUT2D eigenvalue weighted by atomic mass is 10.0. The van der Waals surface area contributed by atoms with Crippen LogP contribution < -0.4 is 0 Å². The maximum atomic E-state index is 8.98. The van der Waals surface area contributed by atoms with Crippen LogP contribution in [0.15, 0.2) is 116 Å². The summed E-state index contributed by atoms with van der Waals surface area (Å²) in [6.07, 6.45) is 44.5. The van der Waals surface area contributed by atoms with E-state index in [1.165, 1.54) is 107 Å². The van der Waals surface area contributed by atoms with E-state index >= 15 is 0 Å². The van der Waals surface area contributed by atoms with Gasteiger partial charge in [0.05, 0.1) is 6.61 Å². The Morgan fingerprint density at radius 2 is 0.412 bits per heavy atom. The van der Waals surface area contributed by atoms with Crippen molar-refractivity contribution in [2.24, 2.45) is 0 Å². The average Bonchev–Trinajstić information content (AvgIpc) is 3.04. The van der Waals surface area contributed by atoms with Crippen molar-refractivity contribution in [2.45, 2.75) is 192 Å². The Hall–Kier alpha value is -2.64. The van der Waals surface area contributed by atoms with Gasteiger partial charge in [-0.3, -0.25) is 0 Å². The number of allylic oxidation sites excluding steroid dienone is 19. The molecule has 0 saturated heterocycles. The first-order valence-corrected chi connectivity index (χ1v) is 20.5. The molecule has 0 aliphatic carbocycles. The minimum atomic E-state index is 0.150. The highest BCUT2D eigenvalue weighted by Gasteiger charge is 1.98. The van der Waals surface area contributed by atoms with Gasteiger partial charge in [0.2, 0.25) is 0 Å². The molecule has 1 nitrogen and oxygen atoms in total. The van der Waals surface area contributed by atoms with E-state index in [1.807, 2.05) is 6.08 Å². The number of aliphatic hydroxyl groups is 1. The third-order valence-electron chi connectivity index (χ3n) is 9.78. The third kappa shape index (κ3) is 33.0. The van der Waals surface area contributed by atoms with E-state index in [4.69, 9.17) is 5.11 Å². The highest BCUT2D eigenvalue weighted by Crippen LogP contribution is 2.18. The van der Waals surface area contributed by atoms with Gasteiger partial charge in [-0.2, -0.15) is 0 Å². The molecule has 1 heteroatoms. The summed E-state index contributed by atoms with van der Waals surface area (Å²) in [4.78, 5) is 0. The summed E-state index contributed by atoms with van der Waals surface area (Å²) in [6, 6.07) is 0. The van der Waals surface area contributed by atoms with Crippen LogP contribution in [0.25, 0.3) is 0 Å². The first-order chi connectivity index (χ1) is 24.3. The predicted molar refractivity (Wildman–Crippen MR) is 233 cm³/mol. The zero-order chi connectivity index (χ0) is 38.3. The topological polar surface area (TPSA) is 20.2 Å². The molecule has 0 aliphatic rings. The molecule has 0 fully saturated rings. The Labute approximate surface area is 319 Å². The minimum Gasteiger partial charge on any atom is -0.392 e. The van der Waals surface area contributed by atoms with Crippen molar-refractivity contribution >= 4 is 0 Å². The van der Waals surface area contributed by atoms with Crippen molar-refractivity contribution < 1.29 is 5.11 Å². The Balaban J connectivity index is 4.24. The van der Waals surface area contributed by atoms with Crippen molar-refractivity contribution in [1.29, 1.82) is 0 Å². The van der Waals surface area contributed by atoms with Crippen LogP contribution in [-0.2, 0) is 0 Å². The summed E-state index contributed by atoms with van der Waals surface area (Å²) in [6.45, 7) is 24.9. The molecule has 0 spiro atoms. The summed E-state index contributed by atoms with van der Waals surface area (Å²) in [5.74, 6) is 0. The minimum absolute atomic E-state index is 0.150. The Morgan fingerprint density at radius 1 is 0.255 bits per heavy atom. The largest absolute Gasteiger partial charge is 0.392 e. The highest BCUT2D eigenvalue weighted by molar-refractivity contribution is 5.11. The predicted octanol–water partition coefficient (Wildman–Crippen LogP) is 16.5. The zero-order valence-electron chi connectivity index (χ0n) is 35.7. The van der Waals surface area contributed by atoms with Crippen LogP contribution in [0, 0.1) is 0 Å². The van der Waals surface area contributed by atoms with Crippen LogP contribution in [0.4, 0.5) is 0 Å². The van der Waals surface area contributed by atoms with Gasteiger partial charge in [0, 0.05) is 0 Å². The molecule has 0 amide bonds. The van der Waals surface area contributed by atoms with Crippen molar-refractivity contribution in [2.75, 3.05) is 6.61 Å². The lowest BCUT2D eigenvalue weighted by Crippen LogP contribution is -1.84. The van der Waals surface area contributed by atoms with Gasteiger partial charge in [-0.05, 0) is 192 Å². The average molecular weight is 699 g/mol. The van der Waals surface area contributed by atoms with Gasteiger partial charge < -0.3 is 5.11 Å². The summed E-state index contributed by atoms with van der Waals surface area (Å²) in [5.41, 5.74) is 14.8. The van der Waals surface area contributed by atoms with E-state index < -0.39 is 0 Å². The SMILES string of the molecule is CC(C)=CCCC(C)=CCCC(C)=CCCC(C)=CCCC(C)=CCCC(C)=CCCC(C)=CCCC(C)=CCCC(C)=CCCC(C)=CCO.